The molecule has 0 aromatic carbocycles. The van der Waals surface area contributed by atoms with Crippen LogP contribution in [0.15, 0.2) is 12.3 Å². The van der Waals surface area contributed by atoms with E-state index in [1.165, 1.54) is 0 Å². The van der Waals surface area contributed by atoms with E-state index < -0.39 is 5.60 Å². The van der Waals surface area contributed by atoms with Gasteiger partial charge in [0.25, 0.3) is 0 Å². The second-order valence-corrected chi connectivity index (χ2v) is 5.10. The summed E-state index contributed by atoms with van der Waals surface area (Å²) in [5, 5.41) is 19.4. The molecule has 1 aliphatic heterocycles. The monoisotopic (exact) mass is 251 g/mol. The highest BCUT2D eigenvalue weighted by molar-refractivity contribution is 6.34. The van der Waals surface area contributed by atoms with Crippen molar-refractivity contribution in [1.29, 1.82) is 5.26 Å². The Morgan fingerprint density at radius 2 is 2.24 bits per heavy atom. The summed E-state index contributed by atoms with van der Waals surface area (Å²) in [5.74, 6) is 0.771. The number of aromatic nitrogens is 1. The summed E-state index contributed by atoms with van der Waals surface area (Å²) in [6.45, 7) is 4.98. The highest BCUT2D eigenvalue weighted by Gasteiger charge is 2.44. The van der Waals surface area contributed by atoms with Gasteiger partial charge in [0.1, 0.15) is 22.5 Å². The molecule has 2 heterocycles. The van der Waals surface area contributed by atoms with E-state index in [1.54, 1.807) is 12.3 Å². The molecule has 1 aromatic rings. The van der Waals surface area contributed by atoms with Crippen molar-refractivity contribution in [2.24, 2.45) is 5.92 Å². The van der Waals surface area contributed by atoms with E-state index in [2.05, 4.69) is 4.98 Å². The fourth-order valence-electron chi connectivity index (χ4n) is 1.87. The molecule has 0 bridgehead atoms. The topological polar surface area (TPSA) is 60.1 Å². The van der Waals surface area contributed by atoms with Crippen molar-refractivity contribution in [3.8, 4) is 6.07 Å². The fraction of sp³-hybridized carbons (Fsp3) is 0.500. The Hall–Kier alpha value is -1.31. The van der Waals surface area contributed by atoms with E-state index in [0.717, 1.165) is 0 Å². The third-order valence-corrected chi connectivity index (χ3v) is 3.67. The van der Waals surface area contributed by atoms with Crippen molar-refractivity contribution in [2.75, 3.05) is 18.0 Å². The Morgan fingerprint density at radius 1 is 1.59 bits per heavy atom. The zero-order valence-electron chi connectivity index (χ0n) is 9.81. The maximum Gasteiger partial charge on any atom is 0.148 e. The molecule has 17 heavy (non-hydrogen) atoms. The van der Waals surface area contributed by atoms with Gasteiger partial charge < -0.3 is 10.0 Å². The van der Waals surface area contributed by atoms with Crippen LogP contribution in [0.4, 0.5) is 5.82 Å². The molecule has 1 aromatic heterocycles. The number of rotatable bonds is 2. The van der Waals surface area contributed by atoms with E-state index in [-0.39, 0.29) is 5.92 Å². The summed E-state index contributed by atoms with van der Waals surface area (Å²) in [4.78, 5) is 6.06. The Morgan fingerprint density at radius 3 is 2.76 bits per heavy atom. The maximum absolute atomic E-state index is 10.2. The first-order chi connectivity index (χ1) is 7.98. The fourth-order valence-corrected chi connectivity index (χ4v) is 2.14. The minimum Gasteiger partial charge on any atom is -0.386 e. The van der Waals surface area contributed by atoms with Crippen LogP contribution >= 0.6 is 11.6 Å². The van der Waals surface area contributed by atoms with Crippen LogP contribution in [0.5, 0.6) is 0 Å². The largest absolute Gasteiger partial charge is 0.386 e. The standard InChI is InChI=1S/C12H14ClN3O/c1-8(2)12(17)6-16(7-12)11-10(13)9(5-14)3-4-15-11/h3-4,8,17H,6-7H2,1-2H3. The van der Waals surface area contributed by atoms with Crippen LogP contribution < -0.4 is 4.90 Å². The molecular weight excluding hydrogens is 238 g/mol. The van der Waals surface area contributed by atoms with Crippen LogP contribution in [-0.4, -0.2) is 28.8 Å². The zero-order chi connectivity index (χ0) is 12.6. The number of pyridine rings is 1. The number of β-amino-alcohol motifs (C(OH)–C–C–N with tert-alkyl or cyclic N) is 1. The summed E-state index contributed by atoms with van der Waals surface area (Å²) in [6, 6.07) is 3.60. The number of anilines is 1. The summed E-state index contributed by atoms with van der Waals surface area (Å²) in [7, 11) is 0. The minimum atomic E-state index is -0.673. The SMILES string of the molecule is CC(C)C1(O)CN(c2nccc(C#N)c2Cl)C1. The Bertz CT molecular complexity index is 475. The first-order valence-electron chi connectivity index (χ1n) is 5.50. The maximum atomic E-state index is 10.2. The molecule has 90 valence electrons. The Balaban J connectivity index is 2.20. The van der Waals surface area contributed by atoms with Crippen LogP contribution in [0.25, 0.3) is 0 Å². The molecule has 1 aliphatic rings. The van der Waals surface area contributed by atoms with Crippen molar-refractivity contribution in [3.05, 3.63) is 22.8 Å². The molecule has 1 N–H and O–H groups in total. The summed E-state index contributed by atoms with van der Waals surface area (Å²) >= 11 is 6.08. The number of hydrogen-bond acceptors (Lipinski definition) is 4. The van der Waals surface area contributed by atoms with Gasteiger partial charge in [-0.15, -0.1) is 0 Å². The molecule has 0 aliphatic carbocycles. The Kier molecular flexibility index (Phi) is 2.98. The number of nitrogens with zero attached hydrogens (tertiary/aromatic N) is 3. The van der Waals surface area contributed by atoms with Gasteiger partial charge in [-0.2, -0.15) is 5.26 Å². The second kappa shape index (κ2) is 4.17. The second-order valence-electron chi connectivity index (χ2n) is 4.72. The molecule has 0 amide bonds. The lowest BCUT2D eigenvalue weighted by Gasteiger charge is -2.49. The summed E-state index contributed by atoms with van der Waals surface area (Å²) in [6.07, 6.45) is 1.56. The number of nitriles is 1. The first-order valence-corrected chi connectivity index (χ1v) is 5.87. The molecule has 4 nitrogen and oxygen atoms in total. The highest BCUT2D eigenvalue weighted by Crippen LogP contribution is 2.36. The van der Waals surface area contributed by atoms with E-state index in [9.17, 15) is 5.11 Å². The predicted octanol–water partition coefficient (Wildman–Crippen LogP) is 1.81. The van der Waals surface area contributed by atoms with Crippen LogP contribution in [0, 0.1) is 17.2 Å². The molecule has 0 unspecified atom stereocenters. The van der Waals surface area contributed by atoms with Crippen LogP contribution in [0.2, 0.25) is 5.02 Å². The molecule has 1 saturated heterocycles. The number of aliphatic hydroxyl groups is 1. The molecule has 0 atom stereocenters. The lowest BCUT2D eigenvalue weighted by molar-refractivity contribution is -0.0304. The van der Waals surface area contributed by atoms with Gasteiger partial charge in [0.15, 0.2) is 0 Å². The van der Waals surface area contributed by atoms with E-state index in [0.29, 0.717) is 29.5 Å². The quantitative estimate of drug-likeness (QED) is 0.871. The van der Waals surface area contributed by atoms with Crippen molar-refractivity contribution < 1.29 is 5.11 Å². The first kappa shape index (κ1) is 12.2. The third-order valence-electron chi connectivity index (χ3n) is 3.29. The normalized spacial score (nSPS) is 17.8. The molecule has 0 radical (unpaired) electrons. The lowest BCUT2D eigenvalue weighted by atomic mass is 9.83. The molecular formula is C12H14ClN3O. The van der Waals surface area contributed by atoms with Crippen molar-refractivity contribution >= 4 is 17.4 Å². The van der Waals surface area contributed by atoms with Crippen LogP contribution in [0.3, 0.4) is 0 Å². The molecule has 0 spiro atoms. The number of hydrogen-bond donors (Lipinski definition) is 1. The van der Waals surface area contributed by atoms with E-state index in [1.807, 2.05) is 24.8 Å². The predicted molar refractivity (Wildman–Crippen MR) is 66.0 cm³/mol. The lowest BCUT2D eigenvalue weighted by Crippen LogP contribution is -2.65. The molecule has 1 fully saturated rings. The smallest absolute Gasteiger partial charge is 0.148 e. The average Bonchev–Trinajstić information content (AvgIpc) is 2.25. The third kappa shape index (κ3) is 1.97. The molecule has 0 saturated carbocycles. The Labute approximate surface area is 105 Å². The van der Waals surface area contributed by atoms with Crippen molar-refractivity contribution in [1.82, 2.24) is 4.98 Å². The van der Waals surface area contributed by atoms with Crippen LogP contribution in [0.1, 0.15) is 19.4 Å². The minimum absolute atomic E-state index is 0.191. The van der Waals surface area contributed by atoms with Gasteiger partial charge >= 0.3 is 0 Å². The van der Waals surface area contributed by atoms with Crippen LogP contribution in [-0.2, 0) is 0 Å². The molecule has 5 heteroatoms. The van der Waals surface area contributed by atoms with E-state index in [4.69, 9.17) is 16.9 Å². The van der Waals surface area contributed by atoms with Gasteiger partial charge in [-0.3, -0.25) is 0 Å². The van der Waals surface area contributed by atoms with Gasteiger partial charge in [-0.25, -0.2) is 4.98 Å². The van der Waals surface area contributed by atoms with Gasteiger partial charge in [-0.1, -0.05) is 25.4 Å². The number of halogens is 1. The highest BCUT2D eigenvalue weighted by atomic mass is 35.5. The van der Waals surface area contributed by atoms with Gasteiger partial charge in [0.2, 0.25) is 0 Å². The molecule has 2 rings (SSSR count). The van der Waals surface area contributed by atoms with Crippen molar-refractivity contribution in [2.45, 2.75) is 19.4 Å². The summed E-state index contributed by atoms with van der Waals surface area (Å²) < 4.78 is 0. The van der Waals surface area contributed by atoms with Gasteiger partial charge in [-0.05, 0) is 12.0 Å². The van der Waals surface area contributed by atoms with Crippen molar-refractivity contribution in [3.63, 3.8) is 0 Å². The summed E-state index contributed by atoms with van der Waals surface area (Å²) in [5.41, 5.74) is -0.259. The zero-order valence-corrected chi connectivity index (χ0v) is 10.6. The van der Waals surface area contributed by atoms with Gasteiger partial charge in [0, 0.05) is 6.20 Å². The average molecular weight is 252 g/mol. The van der Waals surface area contributed by atoms with Gasteiger partial charge in [0.05, 0.1) is 18.7 Å². The van der Waals surface area contributed by atoms with E-state index >= 15 is 0 Å².